The van der Waals surface area contributed by atoms with Crippen LogP contribution in [0.15, 0.2) is 48.5 Å². The van der Waals surface area contributed by atoms with Crippen molar-refractivity contribution in [3.63, 3.8) is 0 Å². The van der Waals surface area contributed by atoms with Crippen molar-refractivity contribution in [3.05, 3.63) is 70.8 Å². The summed E-state index contributed by atoms with van der Waals surface area (Å²) in [5.74, 6) is 1.39. The van der Waals surface area contributed by atoms with Gasteiger partial charge in [-0.15, -0.1) is 11.8 Å². The topological polar surface area (TPSA) is 49.4 Å². The van der Waals surface area contributed by atoms with Gasteiger partial charge in [0.05, 0.1) is 5.75 Å². The number of thioether (sulfide) groups is 1. The molecule has 4 nitrogen and oxygen atoms in total. The minimum Gasteiger partial charge on any atom is -0.354 e. The standard InChI is InChI=1S/C25H34N2O2S/c1-18(2)14-26-25(29)21(5)27(15-22-12-8-6-10-19(22)3)24(28)17-30-16-23-13-9-7-11-20(23)4/h6-13,18,21H,14-17H2,1-5H3,(H,26,29). The molecule has 2 amide bonds. The summed E-state index contributed by atoms with van der Waals surface area (Å²) in [7, 11) is 0. The van der Waals surface area contributed by atoms with E-state index in [0.29, 0.717) is 24.8 Å². The van der Waals surface area contributed by atoms with Gasteiger partial charge in [0.2, 0.25) is 11.8 Å². The van der Waals surface area contributed by atoms with Crippen LogP contribution in [0.1, 0.15) is 43.0 Å². The normalized spacial score (nSPS) is 11.9. The molecule has 30 heavy (non-hydrogen) atoms. The molecule has 162 valence electrons. The van der Waals surface area contributed by atoms with Crippen molar-refractivity contribution in [2.45, 2.75) is 53.0 Å². The Balaban J connectivity index is 2.08. The first-order valence-electron chi connectivity index (χ1n) is 10.5. The minimum atomic E-state index is -0.519. The van der Waals surface area contributed by atoms with Crippen LogP contribution in [0.5, 0.6) is 0 Å². The van der Waals surface area contributed by atoms with Crippen molar-refractivity contribution in [2.24, 2.45) is 5.92 Å². The maximum absolute atomic E-state index is 13.1. The second-order valence-corrected chi connectivity index (χ2v) is 9.17. The molecule has 0 bridgehead atoms. The van der Waals surface area contributed by atoms with Crippen LogP contribution < -0.4 is 5.32 Å². The van der Waals surface area contributed by atoms with Crippen LogP contribution in [0.4, 0.5) is 0 Å². The molecular formula is C25H34N2O2S. The van der Waals surface area contributed by atoms with E-state index in [1.807, 2.05) is 50.2 Å². The third-order valence-corrected chi connectivity index (χ3v) is 6.16. The fourth-order valence-corrected chi connectivity index (χ4v) is 4.10. The number of hydrogen-bond acceptors (Lipinski definition) is 3. The predicted octanol–water partition coefficient (Wildman–Crippen LogP) is 4.73. The van der Waals surface area contributed by atoms with Crippen LogP contribution in [0.25, 0.3) is 0 Å². The zero-order chi connectivity index (χ0) is 22.1. The lowest BCUT2D eigenvalue weighted by Gasteiger charge is -2.29. The molecule has 5 heteroatoms. The van der Waals surface area contributed by atoms with Crippen molar-refractivity contribution in [2.75, 3.05) is 12.3 Å². The van der Waals surface area contributed by atoms with Crippen LogP contribution in [-0.4, -0.2) is 35.1 Å². The molecule has 1 atom stereocenters. The summed E-state index contributed by atoms with van der Waals surface area (Å²) in [5, 5.41) is 2.97. The van der Waals surface area contributed by atoms with Crippen molar-refractivity contribution in [1.82, 2.24) is 10.2 Å². The molecular weight excluding hydrogens is 392 g/mol. The molecule has 0 aliphatic heterocycles. The fraction of sp³-hybridized carbons (Fsp3) is 0.440. The highest BCUT2D eigenvalue weighted by atomic mass is 32.2. The summed E-state index contributed by atoms with van der Waals surface area (Å²) in [4.78, 5) is 27.6. The Bertz CT molecular complexity index is 851. The van der Waals surface area contributed by atoms with Gasteiger partial charge in [-0.25, -0.2) is 0 Å². The van der Waals surface area contributed by atoms with Crippen LogP contribution >= 0.6 is 11.8 Å². The summed E-state index contributed by atoms with van der Waals surface area (Å²) < 4.78 is 0. The van der Waals surface area contributed by atoms with Gasteiger partial charge in [0, 0.05) is 18.8 Å². The molecule has 0 saturated heterocycles. The molecule has 0 spiro atoms. The molecule has 2 aromatic carbocycles. The van der Waals surface area contributed by atoms with Gasteiger partial charge in [-0.1, -0.05) is 62.4 Å². The number of nitrogens with one attached hydrogen (secondary N) is 1. The number of rotatable bonds is 10. The summed E-state index contributed by atoms with van der Waals surface area (Å²) in [6, 6.07) is 15.7. The number of benzene rings is 2. The van der Waals surface area contributed by atoms with Gasteiger partial charge < -0.3 is 10.2 Å². The minimum absolute atomic E-state index is 0.0102. The summed E-state index contributed by atoms with van der Waals surface area (Å²) >= 11 is 1.60. The third kappa shape index (κ3) is 7.21. The molecule has 0 fully saturated rings. The van der Waals surface area contributed by atoms with Gasteiger partial charge in [-0.05, 0) is 48.9 Å². The molecule has 0 heterocycles. The number of aryl methyl sites for hydroxylation is 2. The lowest BCUT2D eigenvalue weighted by molar-refractivity contribution is -0.138. The summed E-state index contributed by atoms with van der Waals surface area (Å²) in [6.45, 7) is 11.1. The smallest absolute Gasteiger partial charge is 0.242 e. The van der Waals surface area contributed by atoms with Gasteiger partial charge in [0.25, 0.3) is 0 Å². The Labute approximate surface area is 185 Å². The number of nitrogens with zero attached hydrogens (tertiary/aromatic N) is 1. The van der Waals surface area contributed by atoms with E-state index in [-0.39, 0.29) is 11.8 Å². The maximum Gasteiger partial charge on any atom is 0.242 e. The quantitative estimate of drug-likeness (QED) is 0.598. The van der Waals surface area contributed by atoms with Crippen molar-refractivity contribution >= 4 is 23.6 Å². The number of carbonyl (C=O) groups excluding carboxylic acids is 2. The van der Waals surface area contributed by atoms with Crippen LogP contribution in [0, 0.1) is 19.8 Å². The van der Waals surface area contributed by atoms with E-state index in [0.717, 1.165) is 16.9 Å². The largest absolute Gasteiger partial charge is 0.354 e. The molecule has 0 aliphatic rings. The van der Waals surface area contributed by atoms with Gasteiger partial charge in [-0.2, -0.15) is 0 Å². The highest BCUT2D eigenvalue weighted by Crippen LogP contribution is 2.19. The first kappa shape index (κ1) is 24.0. The highest BCUT2D eigenvalue weighted by molar-refractivity contribution is 7.99. The van der Waals surface area contributed by atoms with E-state index in [4.69, 9.17) is 0 Å². The van der Waals surface area contributed by atoms with Gasteiger partial charge >= 0.3 is 0 Å². The molecule has 0 aliphatic carbocycles. The first-order chi connectivity index (χ1) is 14.3. The van der Waals surface area contributed by atoms with Crippen LogP contribution in [0.3, 0.4) is 0 Å². The maximum atomic E-state index is 13.1. The molecule has 2 aromatic rings. The molecule has 0 saturated carbocycles. The molecule has 0 aromatic heterocycles. The summed E-state index contributed by atoms with van der Waals surface area (Å²) in [5.41, 5.74) is 4.66. The lowest BCUT2D eigenvalue weighted by atomic mass is 10.1. The molecule has 1 unspecified atom stereocenters. The summed E-state index contributed by atoms with van der Waals surface area (Å²) in [6.07, 6.45) is 0. The van der Waals surface area contributed by atoms with Crippen molar-refractivity contribution in [1.29, 1.82) is 0 Å². The predicted molar refractivity (Wildman–Crippen MR) is 126 cm³/mol. The molecule has 2 rings (SSSR count). The zero-order valence-electron chi connectivity index (χ0n) is 18.8. The second kappa shape index (κ2) is 11.8. The number of carbonyl (C=O) groups is 2. The van der Waals surface area contributed by atoms with E-state index < -0.39 is 6.04 Å². The number of amides is 2. The zero-order valence-corrected chi connectivity index (χ0v) is 19.6. The SMILES string of the molecule is Cc1ccccc1CSCC(=O)N(Cc1ccccc1C)C(C)C(=O)NCC(C)C. The van der Waals surface area contributed by atoms with E-state index in [1.165, 1.54) is 11.1 Å². The monoisotopic (exact) mass is 426 g/mol. The lowest BCUT2D eigenvalue weighted by Crippen LogP contribution is -2.48. The van der Waals surface area contributed by atoms with E-state index in [2.05, 4.69) is 38.2 Å². The average Bonchev–Trinajstić information content (AvgIpc) is 2.72. The Morgan fingerprint density at radius 1 is 0.933 bits per heavy atom. The first-order valence-corrected chi connectivity index (χ1v) is 11.7. The Kier molecular flexibility index (Phi) is 9.44. The Morgan fingerprint density at radius 2 is 1.50 bits per heavy atom. The van der Waals surface area contributed by atoms with Gasteiger partial charge in [0.15, 0.2) is 0 Å². The Morgan fingerprint density at radius 3 is 2.07 bits per heavy atom. The van der Waals surface area contributed by atoms with Crippen LogP contribution in [0.2, 0.25) is 0 Å². The van der Waals surface area contributed by atoms with Gasteiger partial charge in [-0.3, -0.25) is 9.59 Å². The average molecular weight is 427 g/mol. The van der Waals surface area contributed by atoms with Crippen molar-refractivity contribution in [3.8, 4) is 0 Å². The molecule has 0 radical (unpaired) electrons. The van der Waals surface area contributed by atoms with E-state index >= 15 is 0 Å². The second-order valence-electron chi connectivity index (χ2n) is 8.18. The fourth-order valence-electron chi connectivity index (χ4n) is 3.11. The third-order valence-electron chi connectivity index (χ3n) is 5.20. The van der Waals surface area contributed by atoms with E-state index in [1.54, 1.807) is 16.7 Å². The van der Waals surface area contributed by atoms with Crippen molar-refractivity contribution < 1.29 is 9.59 Å². The highest BCUT2D eigenvalue weighted by Gasteiger charge is 2.26. The number of hydrogen-bond donors (Lipinski definition) is 1. The van der Waals surface area contributed by atoms with Crippen LogP contribution in [-0.2, 0) is 21.9 Å². The van der Waals surface area contributed by atoms with E-state index in [9.17, 15) is 9.59 Å². The Hall–Kier alpha value is -2.27. The molecule has 1 N–H and O–H groups in total. The van der Waals surface area contributed by atoms with Gasteiger partial charge in [0.1, 0.15) is 6.04 Å².